The number of benzene rings is 2. The Morgan fingerprint density at radius 2 is 1.84 bits per heavy atom. The van der Waals surface area contributed by atoms with Crippen LogP contribution in [-0.2, 0) is 16.8 Å². The lowest BCUT2D eigenvalue weighted by molar-refractivity contribution is -0.126. The SMILES string of the molecule is O=C(NCc1nc2ccccc2[nH]1)C1(c2ccc(Cl)cc2)CCCC1. The van der Waals surface area contributed by atoms with Crippen LogP contribution in [-0.4, -0.2) is 15.9 Å². The van der Waals surface area contributed by atoms with Gasteiger partial charge in [-0.25, -0.2) is 4.98 Å². The summed E-state index contributed by atoms with van der Waals surface area (Å²) < 4.78 is 0. The molecule has 0 atom stereocenters. The van der Waals surface area contributed by atoms with E-state index in [4.69, 9.17) is 11.6 Å². The third kappa shape index (κ3) is 3.02. The van der Waals surface area contributed by atoms with Crippen molar-refractivity contribution in [2.24, 2.45) is 0 Å². The second kappa shape index (κ2) is 6.52. The summed E-state index contributed by atoms with van der Waals surface area (Å²) >= 11 is 6.01. The minimum atomic E-state index is -0.448. The molecule has 1 aliphatic carbocycles. The third-order valence-electron chi connectivity index (χ3n) is 5.14. The van der Waals surface area contributed by atoms with Crippen molar-refractivity contribution in [2.75, 3.05) is 0 Å². The van der Waals surface area contributed by atoms with E-state index in [9.17, 15) is 4.79 Å². The van der Waals surface area contributed by atoms with Crippen LogP contribution >= 0.6 is 11.6 Å². The average molecular weight is 354 g/mol. The summed E-state index contributed by atoms with van der Waals surface area (Å²) in [5.41, 5.74) is 2.51. The van der Waals surface area contributed by atoms with E-state index in [0.717, 1.165) is 48.1 Å². The summed E-state index contributed by atoms with van der Waals surface area (Å²) in [6.07, 6.45) is 3.89. The minimum Gasteiger partial charge on any atom is -0.348 e. The number of hydrogen-bond donors (Lipinski definition) is 2. The van der Waals surface area contributed by atoms with E-state index in [0.29, 0.717) is 11.6 Å². The average Bonchev–Trinajstić information content (AvgIpc) is 3.27. The van der Waals surface area contributed by atoms with Gasteiger partial charge in [0, 0.05) is 5.02 Å². The predicted octanol–water partition coefficient (Wildman–Crippen LogP) is 4.34. The molecule has 0 saturated heterocycles. The van der Waals surface area contributed by atoms with Crippen molar-refractivity contribution in [1.29, 1.82) is 0 Å². The number of hydrogen-bond acceptors (Lipinski definition) is 2. The number of para-hydroxylation sites is 2. The van der Waals surface area contributed by atoms with Crippen molar-refractivity contribution >= 4 is 28.5 Å². The van der Waals surface area contributed by atoms with E-state index in [1.165, 1.54) is 0 Å². The number of aromatic amines is 1. The highest BCUT2D eigenvalue weighted by Crippen LogP contribution is 2.41. The topological polar surface area (TPSA) is 57.8 Å². The van der Waals surface area contributed by atoms with Gasteiger partial charge < -0.3 is 10.3 Å². The van der Waals surface area contributed by atoms with E-state index in [-0.39, 0.29) is 5.91 Å². The van der Waals surface area contributed by atoms with Crippen molar-refractivity contribution in [1.82, 2.24) is 15.3 Å². The molecule has 1 saturated carbocycles. The van der Waals surface area contributed by atoms with Crippen molar-refractivity contribution in [3.63, 3.8) is 0 Å². The van der Waals surface area contributed by atoms with Crippen molar-refractivity contribution < 1.29 is 4.79 Å². The molecule has 1 amide bonds. The van der Waals surface area contributed by atoms with Crippen LogP contribution in [0, 0.1) is 0 Å². The van der Waals surface area contributed by atoms with Gasteiger partial charge >= 0.3 is 0 Å². The molecule has 4 nitrogen and oxygen atoms in total. The number of aromatic nitrogens is 2. The first-order valence-corrected chi connectivity index (χ1v) is 9.03. The first kappa shape index (κ1) is 16.2. The summed E-state index contributed by atoms with van der Waals surface area (Å²) in [7, 11) is 0. The lowest BCUT2D eigenvalue weighted by atomic mass is 9.78. The Hall–Kier alpha value is -2.33. The zero-order valence-corrected chi connectivity index (χ0v) is 14.6. The zero-order valence-electron chi connectivity index (χ0n) is 13.9. The number of carbonyl (C=O) groups is 1. The minimum absolute atomic E-state index is 0.0766. The summed E-state index contributed by atoms with van der Waals surface area (Å²) in [5, 5.41) is 3.78. The first-order valence-electron chi connectivity index (χ1n) is 8.65. The maximum Gasteiger partial charge on any atom is 0.231 e. The standard InChI is InChI=1S/C20H20ClN3O/c21-15-9-7-14(8-10-15)20(11-3-4-12-20)19(25)22-13-18-23-16-5-1-2-6-17(16)24-18/h1-2,5-10H,3-4,11-13H2,(H,22,25)(H,23,24). The molecule has 25 heavy (non-hydrogen) atoms. The number of fused-ring (bicyclic) bond motifs is 1. The molecule has 5 heteroatoms. The quantitative estimate of drug-likeness (QED) is 0.732. The van der Waals surface area contributed by atoms with Crippen molar-refractivity contribution in [3.05, 3.63) is 64.9 Å². The maximum absolute atomic E-state index is 13.1. The van der Waals surface area contributed by atoms with Gasteiger partial charge in [0.1, 0.15) is 5.82 Å². The molecule has 3 aromatic rings. The molecule has 0 aliphatic heterocycles. The highest BCUT2D eigenvalue weighted by atomic mass is 35.5. The fourth-order valence-electron chi connectivity index (χ4n) is 3.82. The van der Waals surface area contributed by atoms with E-state index < -0.39 is 5.41 Å². The molecule has 1 aromatic heterocycles. The molecular formula is C20H20ClN3O. The third-order valence-corrected chi connectivity index (χ3v) is 5.40. The number of halogens is 1. The molecule has 0 unspecified atom stereocenters. The lowest BCUT2D eigenvalue weighted by Gasteiger charge is -2.28. The first-order chi connectivity index (χ1) is 12.2. The molecule has 0 spiro atoms. The van der Waals surface area contributed by atoms with Crippen LogP contribution in [0.3, 0.4) is 0 Å². The zero-order chi connectivity index (χ0) is 17.3. The van der Waals surface area contributed by atoms with Gasteiger partial charge in [0.2, 0.25) is 5.91 Å². The second-order valence-corrected chi connectivity index (χ2v) is 7.12. The fraction of sp³-hybridized carbons (Fsp3) is 0.300. The number of nitrogens with one attached hydrogen (secondary N) is 2. The van der Waals surface area contributed by atoms with Crippen LogP contribution in [0.25, 0.3) is 11.0 Å². The highest BCUT2D eigenvalue weighted by molar-refractivity contribution is 6.30. The second-order valence-electron chi connectivity index (χ2n) is 6.68. The summed E-state index contributed by atoms with van der Waals surface area (Å²) in [4.78, 5) is 20.8. The van der Waals surface area contributed by atoms with Crippen LogP contribution < -0.4 is 5.32 Å². The fourth-order valence-corrected chi connectivity index (χ4v) is 3.94. The molecule has 2 aromatic carbocycles. The van der Waals surface area contributed by atoms with Gasteiger partial charge in [-0.05, 0) is 42.7 Å². The Kier molecular flexibility index (Phi) is 4.22. The molecule has 1 aliphatic rings. The molecule has 4 rings (SSSR count). The predicted molar refractivity (Wildman–Crippen MR) is 99.5 cm³/mol. The summed E-state index contributed by atoms with van der Waals surface area (Å²) in [6.45, 7) is 0.406. The van der Waals surface area contributed by atoms with E-state index in [1.807, 2.05) is 48.5 Å². The number of rotatable bonds is 4. The van der Waals surface area contributed by atoms with E-state index in [1.54, 1.807) is 0 Å². The Balaban J connectivity index is 1.54. The van der Waals surface area contributed by atoms with Gasteiger partial charge in [-0.15, -0.1) is 0 Å². The molecular weight excluding hydrogens is 334 g/mol. The molecule has 1 fully saturated rings. The normalized spacial score (nSPS) is 16.2. The van der Waals surface area contributed by atoms with Gasteiger partial charge in [-0.1, -0.05) is 48.7 Å². The Bertz CT molecular complexity index is 862. The van der Waals surface area contributed by atoms with E-state index in [2.05, 4.69) is 15.3 Å². The van der Waals surface area contributed by atoms with Gasteiger partial charge in [0.25, 0.3) is 0 Å². The smallest absolute Gasteiger partial charge is 0.231 e. The van der Waals surface area contributed by atoms with Crippen molar-refractivity contribution in [2.45, 2.75) is 37.6 Å². The van der Waals surface area contributed by atoms with Crippen LogP contribution in [0.4, 0.5) is 0 Å². The molecule has 0 radical (unpaired) electrons. The number of H-pyrrole nitrogens is 1. The van der Waals surface area contributed by atoms with E-state index >= 15 is 0 Å². The van der Waals surface area contributed by atoms with Crippen LogP contribution in [0.2, 0.25) is 5.02 Å². The van der Waals surface area contributed by atoms with Gasteiger partial charge in [-0.2, -0.15) is 0 Å². The number of amides is 1. The van der Waals surface area contributed by atoms with Crippen LogP contribution in [0.15, 0.2) is 48.5 Å². The van der Waals surface area contributed by atoms with Gasteiger partial charge in [0.05, 0.1) is 23.0 Å². The Labute approximate surface area is 151 Å². The Morgan fingerprint density at radius 1 is 1.12 bits per heavy atom. The van der Waals surface area contributed by atoms with Gasteiger partial charge in [0.15, 0.2) is 0 Å². The maximum atomic E-state index is 13.1. The van der Waals surface area contributed by atoms with Gasteiger partial charge in [-0.3, -0.25) is 4.79 Å². The monoisotopic (exact) mass is 353 g/mol. The molecule has 0 bridgehead atoms. The highest BCUT2D eigenvalue weighted by Gasteiger charge is 2.42. The van der Waals surface area contributed by atoms with Crippen LogP contribution in [0.1, 0.15) is 37.1 Å². The Morgan fingerprint density at radius 3 is 2.56 bits per heavy atom. The molecule has 1 heterocycles. The van der Waals surface area contributed by atoms with Crippen LogP contribution in [0.5, 0.6) is 0 Å². The number of carbonyl (C=O) groups excluding carboxylic acids is 1. The largest absolute Gasteiger partial charge is 0.348 e. The molecule has 2 N–H and O–H groups in total. The summed E-state index contributed by atoms with van der Waals surface area (Å²) in [5.74, 6) is 0.853. The molecule has 128 valence electrons. The lowest BCUT2D eigenvalue weighted by Crippen LogP contribution is -2.42. The number of imidazole rings is 1. The summed E-state index contributed by atoms with van der Waals surface area (Å²) in [6, 6.07) is 15.6. The number of nitrogens with zero attached hydrogens (tertiary/aromatic N) is 1. The van der Waals surface area contributed by atoms with Crippen molar-refractivity contribution in [3.8, 4) is 0 Å².